The van der Waals surface area contributed by atoms with E-state index in [0.717, 1.165) is 24.2 Å². The van der Waals surface area contributed by atoms with Crippen molar-refractivity contribution in [3.63, 3.8) is 0 Å². The Kier molecular flexibility index (Phi) is 6.02. The summed E-state index contributed by atoms with van der Waals surface area (Å²) in [5.41, 5.74) is 2.81. The van der Waals surface area contributed by atoms with Gasteiger partial charge >= 0.3 is 0 Å². The lowest BCUT2D eigenvalue weighted by Gasteiger charge is -2.29. The van der Waals surface area contributed by atoms with Crippen LogP contribution in [0.3, 0.4) is 0 Å². The molecule has 0 saturated carbocycles. The van der Waals surface area contributed by atoms with Crippen molar-refractivity contribution in [1.29, 1.82) is 0 Å². The van der Waals surface area contributed by atoms with E-state index in [-0.39, 0.29) is 37.3 Å². The van der Waals surface area contributed by atoms with E-state index in [9.17, 15) is 19.2 Å². The Hall–Kier alpha value is -3.72. The number of benzene rings is 2. The minimum absolute atomic E-state index is 0.0295. The lowest BCUT2D eigenvalue weighted by Crippen LogP contribution is -2.52. The standard InChI is InChI=1S/C25H26N4O5/c30-22-9-8-20(23(31)27-22)29-14-19-18(25(29)33)2-1-3-21(19)34-15-16-4-6-17(7-5-16)24(32)28-12-10-26-11-13-28/h1-7,20,26H,8-15H2,(H,27,30,31). The molecule has 0 spiro atoms. The highest BCUT2D eigenvalue weighted by molar-refractivity contribution is 6.05. The molecule has 3 aliphatic heterocycles. The largest absolute Gasteiger partial charge is 0.489 e. The summed E-state index contributed by atoms with van der Waals surface area (Å²) in [5.74, 6) is -0.361. The Bertz CT molecular complexity index is 1140. The predicted octanol–water partition coefficient (Wildman–Crippen LogP) is 1.07. The van der Waals surface area contributed by atoms with Gasteiger partial charge in [-0.25, -0.2) is 0 Å². The lowest BCUT2D eigenvalue weighted by molar-refractivity contribution is -0.136. The zero-order valence-electron chi connectivity index (χ0n) is 18.7. The first kappa shape index (κ1) is 22.1. The average Bonchev–Trinajstić information content (AvgIpc) is 3.20. The molecule has 9 nitrogen and oxygen atoms in total. The molecule has 5 rings (SSSR count). The highest BCUT2D eigenvalue weighted by Crippen LogP contribution is 2.34. The number of piperidine rings is 1. The smallest absolute Gasteiger partial charge is 0.255 e. The first-order valence-corrected chi connectivity index (χ1v) is 11.5. The van der Waals surface area contributed by atoms with Gasteiger partial charge in [-0.1, -0.05) is 18.2 Å². The number of amides is 4. The SMILES string of the molecule is O=C1CCC(N2Cc3c(OCc4ccc(C(=O)N5CCNCC5)cc4)cccc3C2=O)C(=O)N1. The third-order valence-corrected chi connectivity index (χ3v) is 6.54. The molecule has 2 fully saturated rings. The summed E-state index contributed by atoms with van der Waals surface area (Å²) in [6, 6.07) is 12.0. The summed E-state index contributed by atoms with van der Waals surface area (Å²) in [4.78, 5) is 52.7. The highest BCUT2D eigenvalue weighted by Gasteiger charge is 2.40. The Labute approximate surface area is 197 Å². The third-order valence-electron chi connectivity index (χ3n) is 6.54. The van der Waals surface area contributed by atoms with E-state index in [4.69, 9.17) is 4.74 Å². The van der Waals surface area contributed by atoms with Crippen LogP contribution in [-0.2, 0) is 22.7 Å². The molecule has 3 heterocycles. The van der Waals surface area contributed by atoms with Gasteiger partial charge in [0.2, 0.25) is 11.8 Å². The summed E-state index contributed by atoms with van der Waals surface area (Å²) < 4.78 is 6.04. The molecule has 2 aromatic rings. The van der Waals surface area contributed by atoms with Crippen molar-refractivity contribution in [2.24, 2.45) is 0 Å². The lowest BCUT2D eigenvalue weighted by atomic mass is 10.0. The topological polar surface area (TPSA) is 108 Å². The molecule has 0 aromatic heterocycles. The van der Waals surface area contributed by atoms with E-state index in [1.54, 1.807) is 12.1 Å². The Balaban J connectivity index is 1.25. The molecule has 4 amide bonds. The van der Waals surface area contributed by atoms with E-state index < -0.39 is 11.9 Å². The van der Waals surface area contributed by atoms with Crippen LogP contribution in [0, 0.1) is 0 Å². The Morgan fingerprint density at radius 3 is 2.53 bits per heavy atom. The number of carbonyl (C=O) groups is 4. The van der Waals surface area contributed by atoms with Crippen molar-refractivity contribution in [2.75, 3.05) is 26.2 Å². The van der Waals surface area contributed by atoms with E-state index >= 15 is 0 Å². The predicted molar refractivity (Wildman–Crippen MR) is 122 cm³/mol. The first-order chi connectivity index (χ1) is 16.5. The van der Waals surface area contributed by atoms with Gasteiger partial charge in [0, 0.05) is 49.3 Å². The quantitative estimate of drug-likeness (QED) is 0.644. The van der Waals surface area contributed by atoms with Gasteiger partial charge in [0.1, 0.15) is 18.4 Å². The second kappa shape index (κ2) is 9.26. The molecule has 0 bridgehead atoms. The number of hydrogen-bond acceptors (Lipinski definition) is 6. The van der Waals surface area contributed by atoms with Gasteiger partial charge in [-0.15, -0.1) is 0 Å². The summed E-state index contributed by atoms with van der Waals surface area (Å²) in [5, 5.41) is 5.56. The van der Waals surface area contributed by atoms with Crippen LogP contribution < -0.4 is 15.4 Å². The van der Waals surface area contributed by atoms with Crippen molar-refractivity contribution in [3.05, 3.63) is 64.7 Å². The fourth-order valence-corrected chi connectivity index (χ4v) is 4.65. The molecule has 0 radical (unpaired) electrons. The summed E-state index contributed by atoms with van der Waals surface area (Å²) in [7, 11) is 0. The molecule has 2 N–H and O–H groups in total. The fourth-order valence-electron chi connectivity index (χ4n) is 4.65. The van der Waals surface area contributed by atoms with Crippen LogP contribution in [0.4, 0.5) is 0 Å². The van der Waals surface area contributed by atoms with Gasteiger partial charge in [-0.3, -0.25) is 24.5 Å². The maximum atomic E-state index is 12.9. The van der Waals surface area contributed by atoms with Crippen LogP contribution in [-0.4, -0.2) is 65.6 Å². The third kappa shape index (κ3) is 4.26. The monoisotopic (exact) mass is 462 g/mol. The minimum Gasteiger partial charge on any atom is -0.489 e. The van der Waals surface area contributed by atoms with Crippen molar-refractivity contribution in [2.45, 2.75) is 32.0 Å². The maximum Gasteiger partial charge on any atom is 0.255 e. The van der Waals surface area contributed by atoms with E-state index in [1.807, 2.05) is 35.2 Å². The number of ether oxygens (including phenoxy) is 1. The van der Waals surface area contributed by atoms with E-state index in [1.165, 1.54) is 4.90 Å². The Morgan fingerprint density at radius 1 is 1.03 bits per heavy atom. The van der Waals surface area contributed by atoms with Crippen molar-refractivity contribution >= 4 is 23.6 Å². The van der Waals surface area contributed by atoms with Crippen molar-refractivity contribution in [3.8, 4) is 5.75 Å². The number of nitrogens with one attached hydrogen (secondary N) is 2. The zero-order chi connectivity index (χ0) is 23.7. The molecule has 1 atom stereocenters. The molecule has 2 saturated heterocycles. The van der Waals surface area contributed by atoms with Crippen LogP contribution in [0.5, 0.6) is 5.75 Å². The number of fused-ring (bicyclic) bond motifs is 1. The number of nitrogens with zero attached hydrogens (tertiary/aromatic N) is 2. The summed E-state index contributed by atoms with van der Waals surface area (Å²) >= 11 is 0. The Morgan fingerprint density at radius 2 is 1.79 bits per heavy atom. The minimum atomic E-state index is -0.661. The molecular formula is C25H26N4O5. The highest BCUT2D eigenvalue weighted by atomic mass is 16.5. The normalized spacial score (nSPS) is 20.2. The molecule has 1 unspecified atom stereocenters. The zero-order valence-corrected chi connectivity index (χ0v) is 18.7. The van der Waals surface area contributed by atoms with Crippen LogP contribution in [0.2, 0.25) is 0 Å². The van der Waals surface area contributed by atoms with Crippen LogP contribution in [0.1, 0.15) is 44.7 Å². The average molecular weight is 463 g/mol. The molecule has 3 aliphatic rings. The molecule has 34 heavy (non-hydrogen) atoms. The second-order valence-electron chi connectivity index (χ2n) is 8.71. The number of rotatable bonds is 5. The van der Waals surface area contributed by atoms with Gasteiger partial charge in [0.15, 0.2) is 0 Å². The molecular weight excluding hydrogens is 436 g/mol. The van der Waals surface area contributed by atoms with Gasteiger partial charge in [0.05, 0.1) is 6.54 Å². The van der Waals surface area contributed by atoms with Crippen molar-refractivity contribution in [1.82, 2.24) is 20.4 Å². The summed E-state index contributed by atoms with van der Waals surface area (Å²) in [6.45, 7) is 3.57. The van der Waals surface area contributed by atoms with E-state index in [2.05, 4.69) is 10.6 Å². The molecule has 176 valence electrons. The fraction of sp³-hybridized carbons (Fsp3) is 0.360. The number of imide groups is 1. The summed E-state index contributed by atoms with van der Waals surface area (Å²) in [6.07, 6.45) is 0.534. The molecule has 0 aliphatic carbocycles. The van der Waals surface area contributed by atoms with E-state index in [0.29, 0.717) is 36.4 Å². The van der Waals surface area contributed by atoms with Crippen LogP contribution in [0.15, 0.2) is 42.5 Å². The molecule has 9 heteroatoms. The van der Waals surface area contributed by atoms with Crippen LogP contribution >= 0.6 is 0 Å². The second-order valence-corrected chi connectivity index (χ2v) is 8.71. The first-order valence-electron chi connectivity index (χ1n) is 11.5. The van der Waals surface area contributed by atoms with Gasteiger partial charge in [-0.2, -0.15) is 0 Å². The maximum absolute atomic E-state index is 12.9. The number of hydrogen-bond donors (Lipinski definition) is 2. The van der Waals surface area contributed by atoms with Crippen molar-refractivity contribution < 1.29 is 23.9 Å². The van der Waals surface area contributed by atoms with Gasteiger partial charge in [0.25, 0.3) is 11.8 Å². The molecule has 2 aromatic carbocycles. The number of piperazine rings is 1. The van der Waals surface area contributed by atoms with Crippen LogP contribution in [0.25, 0.3) is 0 Å². The van der Waals surface area contributed by atoms with Gasteiger partial charge in [-0.05, 0) is 36.2 Å². The number of carbonyl (C=O) groups excluding carboxylic acids is 4. The van der Waals surface area contributed by atoms with Gasteiger partial charge < -0.3 is 19.9 Å².